The fourth-order valence-electron chi connectivity index (χ4n) is 1.41. The lowest BCUT2D eigenvalue weighted by Gasteiger charge is -2.10. The minimum absolute atomic E-state index is 0.285. The van der Waals surface area contributed by atoms with E-state index in [1.54, 1.807) is 33.2 Å². The van der Waals surface area contributed by atoms with Crippen molar-refractivity contribution in [2.24, 2.45) is 0 Å². The van der Waals surface area contributed by atoms with Crippen LogP contribution in [-0.2, 0) is 4.79 Å². The summed E-state index contributed by atoms with van der Waals surface area (Å²) >= 11 is 0. The summed E-state index contributed by atoms with van der Waals surface area (Å²) in [7, 11) is 3.29. The van der Waals surface area contributed by atoms with Crippen LogP contribution in [0.15, 0.2) is 29.8 Å². The Labute approximate surface area is 94.6 Å². The van der Waals surface area contributed by atoms with Crippen LogP contribution >= 0.6 is 0 Å². The summed E-state index contributed by atoms with van der Waals surface area (Å²) in [5.41, 5.74) is 1.71. The second-order valence-electron chi connectivity index (χ2n) is 3.28. The van der Waals surface area contributed by atoms with E-state index in [1.807, 2.05) is 12.1 Å². The van der Waals surface area contributed by atoms with Gasteiger partial charge in [-0.25, -0.2) is 4.79 Å². The Bertz CT molecular complexity index is 407. The molecule has 1 rings (SSSR count). The van der Waals surface area contributed by atoms with E-state index >= 15 is 0 Å². The molecule has 0 bridgehead atoms. The van der Waals surface area contributed by atoms with E-state index in [4.69, 9.17) is 9.84 Å². The van der Waals surface area contributed by atoms with Gasteiger partial charge in [-0.1, -0.05) is 0 Å². The number of hydrogen-bond donors (Lipinski definition) is 2. The van der Waals surface area contributed by atoms with Gasteiger partial charge in [0, 0.05) is 7.05 Å². The van der Waals surface area contributed by atoms with Crippen molar-refractivity contribution in [1.82, 2.24) is 5.32 Å². The van der Waals surface area contributed by atoms with Crippen molar-refractivity contribution < 1.29 is 14.6 Å². The summed E-state index contributed by atoms with van der Waals surface area (Å²) < 4.78 is 5.04. The second-order valence-corrected chi connectivity index (χ2v) is 3.28. The molecule has 0 saturated heterocycles. The number of benzene rings is 1. The number of rotatable bonds is 4. The van der Waals surface area contributed by atoms with Gasteiger partial charge < -0.3 is 15.2 Å². The van der Waals surface area contributed by atoms with Crippen LogP contribution in [0.25, 0.3) is 5.70 Å². The molecule has 0 heterocycles. The second kappa shape index (κ2) is 5.21. The summed E-state index contributed by atoms with van der Waals surface area (Å²) in [4.78, 5) is 10.9. The molecule has 0 fully saturated rings. The smallest absolute Gasteiger partial charge is 0.333 e. The number of methoxy groups -OCH3 is 1. The van der Waals surface area contributed by atoms with Gasteiger partial charge in [-0.3, -0.25) is 0 Å². The highest BCUT2D eigenvalue weighted by atomic mass is 16.5. The van der Waals surface area contributed by atoms with Crippen molar-refractivity contribution in [2.45, 2.75) is 6.92 Å². The number of nitrogens with one attached hydrogen (secondary N) is 1. The third-order valence-electron chi connectivity index (χ3n) is 2.32. The van der Waals surface area contributed by atoms with Gasteiger partial charge >= 0.3 is 5.97 Å². The highest BCUT2D eigenvalue weighted by Crippen LogP contribution is 2.19. The van der Waals surface area contributed by atoms with E-state index in [1.165, 1.54) is 0 Å². The number of ether oxygens (including phenoxy) is 1. The van der Waals surface area contributed by atoms with Crippen molar-refractivity contribution in [3.05, 3.63) is 35.4 Å². The molecular formula is C12H15NO3. The molecule has 0 aromatic heterocycles. The van der Waals surface area contributed by atoms with Crippen LogP contribution in [0.3, 0.4) is 0 Å². The van der Waals surface area contributed by atoms with E-state index in [2.05, 4.69) is 5.32 Å². The Hall–Kier alpha value is -1.97. The SMILES string of the molecule is CN/C(=C(\C)C(=O)O)c1ccc(OC)cc1. The largest absolute Gasteiger partial charge is 0.497 e. The lowest BCUT2D eigenvalue weighted by Crippen LogP contribution is -2.11. The molecule has 0 aliphatic carbocycles. The van der Waals surface area contributed by atoms with E-state index < -0.39 is 5.97 Å². The molecule has 0 radical (unpaired) electrons. The number of aliphatic carboxylic acids is 1. The maximum Gasteiger partial charge on any atom is 0.333 e. The summed E-state index contributed by atoms with van der Waals surface area (Å²) in [6.07, 6.45) is 0. The van der Waals surface area contributed by atoms with E-state index in [0.29, 0.717) is 5.70 Å². The van der Waals surface area contributed by atoms with Crippen molar-refractivity contribution in [2.75, 3.05) is 14.2 Å². The molecule has 0 aliphatic rings. The molecule has 1 aromatic carbocycles. The molecule has 86 valence electrons. The molecule has 0 aliphatic heterocycles. The predicted molar refractivity (Wildman–Crippen MR) is 62.3 cm³/mol. The molecule has 16 heavy (non-hydrogen) atoms. The molecule has 2 N–H and O–H groups in total. The molecule has 0 saturated carbocycles. The first-order valence-electron chi connectivity index (χ1n) is 4.86. The number of carboxylic acids is 1. The zero-order valence-corrected chi connectivity index (χ0v) is 9.57. The quantitative estimate of drug-likeness (QED) is 0.760. The molecule has 0 unspecified atom stereocenters. The highest BCUT2D eigenvalue weighted by molar-refractivity contribution is 5.95. The lowest BCUT2D eigenvalue weighted by atomic mass is 10.1. The first-order chi connectivity index (χ1) is 7.60. The lowest BCUT2D eigenvalue weighted by molar-refractivity contribution is -0.132. The van der Waals surface area contributed by atoms with Gasteiger partial charge in [0.25, 0.3) is 0 Å². The fourth-order valence-corrected chi connectivity index (χ4v) is 1.41. The van der Waals surface area contributed by atoms with E-state index in [9.17, 15) is 4.79 Å². The Morgan fingerprint density at radius 2 is 1.88 bits per heavy atom. The number of hydrogen-bond acceptors (Lipinski definition) is 3. The van der Waals surface area contributed by atoms with Crippen LogP contribution in [0, 0.1) is 0 Å². The van der Waals surface area contributed by atoms with Gasteiger partial charge in [0.15, 0.2) is 0 Å². The molecule has 1 aromatic rings. The number of carboxylic acid groups (broad SMARTS) is 1. The Kier molecular flexibility index (Phi) is 3.94. The van der Waals surface area contributed by atoms with Gasteiger partial charge in [0.05, 0.1) is 18.4 Å². The average Bonchev–Trinajstić information content (AvgIpc) is 2.30. The van der Waals surface area contributed by atoms with E-state index in [0.717, 1.165) is 11.3 Å². The number of carbonyl (C=O) groups is 1. The maximum atomic E-state index is 10.9. The normalized spacial score (nSPS) is 11.7. The van der Waals surface area contributed by atoms with Crippen LogP contribution in [0.2, 0.25) is 0 Å². The van der Waals surface area contributed by atoms with Crippen LogP contribution in [0.5, 0.6) is 5.75 Å². The molecule has 0 spiro atoms. The summed E-state index contributed by atoms with van der Waals surface area (Å²) in [5.74, 6) is -0.188. The van der Waals surface area contributed by atoms with Crippen LogP contribution in [-0.4, -0.2) is 25.2 Å². The van der Waals surface area contributed by atoms with Gasteiger partial charge in [-0.2, -0.15) is 0 Å². The first kappa shape index (κ1) is 12.1. The minimum Gasteiger partial charge on any atom is -0.497 e. The third-order valence-corrected chi connectivity index (χ3v) is 2.32. The van der Waals surface area contributed by atoms with Gasteiger partial charge in [0.1, 0.15) is 5.75 Å². The highest BCUT2D eigenvalue weighted by Gasteiger charge is 2.09. The monoisotopic (exact) mass is 221 g/mol. The summed E-state index contributed by atoms with van der Waals surface area (Å²) in [5, 5.41) is 11.8. The first-order valence-corrected chi connectivity index (χ1v) is 4.86. The summed E-state index contributed by atoms with van der Waals surface area (Å²) in [6, 6.07) is 7.22. The topological polar surface area (TPSA) is 58.6 Å². The fraction of sp³-hybridized carbons (Fsp3) is 0.250. The minimum atomic E-state index is -0.930. The molecule has 0 atom stereocenters. The molecular weight excluding hydrogens is 206 g/mol. The maximum absolute atomic E-state index is 10.9. The van der Waals surface area contributed by atoms with Crippen molar-refractivity contribution >= 4 is 11.7 Å². The van der Waals surface area contributed by atoms with Gasteiger partial charge in [-0.15, -0.1) is 0 Å². The Morgan fingerprint density at radius 1 is 1.31 bits per heavy atom. The molecule has 4 nitrogen and oxygen atoms in total. The Morgan fingerprint density at radius 3 is 2.25 bits per heavy atom. The van der Waals surface area contributed by atoms with Gasteiger partial charge in [-0.05, 0) is 36.8 Å². The molecule has 0 amide bonds. The van der Waals surface area contributed by atoms with Crippen molar-refractivity contribution in [1.29, 1.82) is 0 Å². The van der Waals surface area contributed by atoms with Crippen molar-refractivity contribution in [3.63, 3.8) is 0 Å². The van der Waals surface area contributed by atoms with Crippen LogP contribution in [0.1, 0.15) is 12.5 Å². The predicted octanol–water partition coefficient (Wildman–Crippen LogP) is 1.73. The standard InChI is InChI=1S/C12H15NO3/c1-8(12(14)15)11(13-2)9-4-6-10(16-3)7-5-9/h4-7,13H,1-3H3,(H,14,15)/b11-8+. The third kappa shape index (κ3) is 2.53. The van der Waals surface area contributed by atoms with E-state index in [-0.39, 0.29) is 5.57 Å². The molecule has 4 heteroatoms. The van der Waals surface area contributed by atoms with Crippen molar-refractivity contribution in [3.8, 4) is 5.75 Å². The zero-order valence-electron chi connectivity index (χ0n) is 9.57. The zero-order chi connectivity index (χ0) is 12.1. The van der Waals surface area contributed by atoms with Crippen LogP contribution in [0.4, 0.5) is 0 Å². The van der Waals surface area contributed by atoms with Gasteiger partial charge in [0.2, 0.25) is 0 Å². The average molecular weight is 221 g/mol. The Balaban J connectivity index is 3.14. The van der Waals surface area contributed by atoms with Crippen LogP contribution < -0.4 is 10.1 Å². The summed E-state index contributed by atoms with van der Waals surface area (Å²) in [6.45, 7) is 1.57.